The van der Waals surface area contributed by atoms with Crippen LogP contribution in [0.2, 0.25) is 0 Å². The molecule has 0 aliphatic carbocycles. The van der Waals surface area contributed by atoms with Crippen LogP contribution in [0.1, 0.15) is 38.5 Å². The largest absolute Gasteiger partial charge is 0.377 e. The summed E-state index contributed by atoms with van der Waals surface area (Å²) >= 11 is 0. The summed E-state index contributed by atoms with van der Waals surface area (Å²) in [6, 6.07) is 0. The molecule has 15 heavy (non-hydrogen) atoms. The highest BCUT2D eigenvalue weighted by atomic mass is 16.5. The van der Waals surface area contributed by atoms with E-state index in [0.717, 1.165) is 25.9 Å². The molecule has 1 nitrogen and oxygen atoms in total. The first-order valence-corrected chi connectivity index (χ1v) is 5.77. The van der Waals surface area contributed by atoms with Crippen molar-refractivity contribution in [1.29, 1.82) is 0 Å². The molecule has 0 rings (SSSR count). The Bertz CT molecular complexity index is 182. The van der Waals surface area contributed by atoms with Gasteiger partial charge in [0.25, 0.3) is 0 Å². The molecular weight excluding hydrogens is 184 g/mol. The summed E-state index contributed by atoms with van der Waals surface area (Å²) in [6.45, 7) is 12.8. The van der Waals surface area contributed by atoms with Gasteiger partial charge >= 0.3 is 0 Å². The van der Waals surface area contributed by atoms with Gasteiger partial charge in [0, 0.05) is 6.61 Å². The smallest absolute Gasteiger partial charge is 0.0644 e. The van der Waals surface area contributed by atoms with Gasteiger partial charge in [-0.3, -0.25) is 0 Å². The molecule has 0 atom stereocenters. The summed E-state index contributed by atoms with van der Waals surface area (Å²) in [5.74, 6) is 0. The molecule has 0 aliphatic heterocycles. The molecule has 0 aliphatic rings. The standard InChI is InChI=1S/C14H24O/c1-4-10-14(3)11-8-6-7-9-13-15-12-5-2/h4-5H,1-3,6-13H2. The highest BCUT2D eigenvalue weighted by Gasteiger charge is 1.93. The third-order valence-electron chi connectivity index (χ3n) is 2.24. The van der Waals surface area contributed by atoms with Crippen LogP contribution < -0.4 is 0 Å². The van der Waals surface area contributed by atoms with Gasteiger partial charge in [-0.2, -0.15) is 0 Å². The van der Waals surface area contributed by atoms with Crippen LogP contribution in [0.4, 0.5) is 0 Å². The van der Waals surface area contributed by atoms with Crippen molar-refractivity contribution in [2.24, 2.45) is 0 Å². The molecule has 0 heterocycles. The maximum Gasteiger partial charge on any atom is 0.0644 e. The molecule has 0 saturated carbocycles. The Hall–Kier alpha value is -0.820. The molecule has 0 radical (unpaired) electrons. The molecule has 0 aromatic rings. The number of unbranched alkanes of at least 4 members (excludes halogenated alkanes) is 3. The van der Waals surface area contributed by atoms with Crippen LogP contribution in [0.15, 0.2) is 37.5 Å². The molecule has 0 fully saturated rings. The first kappa shape index (κ1) is 14.2. The van der Waals surface area contributed by atoms with Gasteiger partial charge in [-0.15, -0.1) is 13.2 Å². The number of hydrogen-bond acceptors (Lipinski definition) is 1. The summed E-state index contributed by atoms with van der Waals surface area (Å²) in [5.41, 5.74) is 1.30. The van der Waals surface area contributed by atoms with Crippen molar-refractivity contribution in [1.82, 2.24) is 0 Å². The van der Waals surface area contributed by atoms with Crippen molar-refractivity contribution in [2.75, 3.05) is 13.2 Å². The Morgan fingerprint density at radius 2 is 1.73 bits per heavy atom. The fourth-order valence-corrected chi connectivity index (χ4v) is 1.41. The second-order valence-corrected chi connectivity index (χ2v) is 3.77. The zero-order chi connectivity index (χ0) is 11.4. The predicted molar refractivity (Wildman–Crippen MR) is 68.1 cm³/mol. The van der Waals surface area contributed by atoms with Crippen LogP contribution in [0.5, 0.6) is 0 Å². The van der Waals surface area contributed by atoms with Crippen molar-refractivity contribution in [3.05, 3.63) is 37.5 Å². The third kappa shape index (κ3) is 11.1. The molecule has 0 amide bonds. The van der Waals surface area contributed by atoms with E-state index in [9.17, 15) is 0 Å². The van der Waals surface area contributed by atoms with E-state index in [1.54, 1.807) is 6.08 Å². The molecule has 1 heteroatoms. The van der Waals surface area contributed by atoms with Gasteiger partial charge < -0.3 is 4.74 Å². The van der Waals surface area contributed by atoms with Gasteiger partial charge in [-0.1, -0.05) is 37.1 Å². The normalized spacial score (nSPS) is 9.87. The lowest BCUT2D eigenvalue weighted by Gasteiger charge is -2.03. The molecule has 86 valence electrons. The Balaban J connectivity index is 3.07. The molecule has 0 saturated heterocycles. The van der Waals surface area contributed by atoms with E-state index in [0.29, 0.717) is 6.61 Å². The lowest BCUT2D eigenvalue weighted by Crippen LogP contribution is -1.93. The molecule has 0 aromatic heterocycles. The zero-order valence-corrected chi connectivity index (χ0v) is 9.84. The molecule has 0 N–H and O–H groups in total. The van der Waals surface area contributed by atoms with Crippen LogP contribution in [0.25, 0.3) is 0 Å². The van der Waals surface area contributed by atoms with Crippen molar-refractivity contribution in [3.63, 3.8) is 0 Å². The van der Waals surface area contributed by atoms with E-state index >= 15 is 0 Å². The van der Waals surface area contributed by atoms with Crippen LogP contribution >= 0.6 is 0 Å². The molecule has 0 aromatic carbocycles. The quantitative estimate of drug-likeness (QED) is 0.364. The summed E-state index contributed by atoms with van der Waals surface area (Å²) in [4.78, 5) is 0. The van der Waals surface area contributed by atoms with E-state index in [1.165, 1.54) is 24.8 Å². The summed E-state index contributed by atoms with van der Waals surface area (Å²) in [6.07, 6.45) is 10.7. The minimum atomic E-state index is 0.677. The maximum atomic E-state index is 5.30. The topological polar surface area (TPSA) is 9.23 Å². The van der Waals surface area contributed by atoms with Crippen molar-refractivity contribution in [3.8, 4) is 0 Å². The van der Waals surface area contributed by atoms with Crippen LogP contribution in [0.3, 0.4) is 0 Å². The second-order valence-electron chi connectivity index (χ2n) is 3.77. The van der Waals surface area contributed by atoms with Crippen LogP contribution in [-0.4, -0.2) is 13.2 Å². The number of rotatable bonds is 11. The Kier molecular flexibility index (Phi) is 10.6. The summed E-state index contributed by atoms with van der Waals surface area (Å²) in [7, 11) is 0. The molecule has 0 spiro atoms. The minimum absolute atomic E-state index is 0.677. The number of ether oxygens (including phenoxy) is 1. The zero-order valence-electron chi connectivity index (χ0n) is 9.84. The third-order valence-corrected chi connectivity index (χ3v) is 2.24. The number of allylic oxidation sites excluding steroid dienone is 2. The summed E-state index contributed by atoms with van der Waals surface area (Å²) < 4.78 is 5.30. The van der Waals surface area contributed by atoms with Gasteiger partial charge in [0.1, 0.15) is 0 Å². The predicted octanol–water partition coefficient (Wildman–Crippen LogP) is 4.27. The molecule has 0 bridgehead atoms. The Morgan fingerprint density at radius 3 is 2.40 bits per heavy atom. The van der Waals surface area contributed by atoms with Crippen LogP contribution in [0, 0.1) is 0 Å². The van der Waals surface area contributed by atoms with E-state index < -0.39 is 0 Å². The highest BCUT2D eigenvalue weighted by molar-refractivity contribution is 4.99. The first-order valence-electron chi connectivity index (χ1n) is 5.77. The van der Waals surface area contributed by atoms with Crippen molar-refractivity contribution in [2.45, 2.75) is 38.5 Å². The second kappa shape index (κ2) is 11.3. The highest BCUT2D eigenvalue weighted by Crippen LogP contribution is 2.11. The molecule has 0 unspecified atom stereocenters. The Morgan fingerprint density at radius 1 is 1.00 bits per heavy atom. The van der Waals surface area contributed by atoms with Gasteiger partial charge in [0.2, 0.25) is 0 Å². The van der Waals surface area contributed by atoms with Crippen molar-refractivity contribution < 1.29 is 4.74 Å². The van der Waals surface area contributed by atoms with Gasteiger partial charge in [0.15, 0.2) is 0 Å². The monoisotopic (exact) mass is 208 g/mol. The van der Waals surface area contributed by atoms with Gasteiger partial charge in [0.05, 0.1) is 6.61 Å². The van der Waals surface area contributed by atoms with E-state index in [-0.39, 0.29) is 0 Å². The van der Waals surface area contributed by atoms with E-state index in [1.807, 2.05) is 6.08 Å². The molecular formula is C14H24O. The van der Waals surface area contributed by atoms with Gasteiger partial charge in [-0.25, -0.2) is 0 Å². The lowest BCUT2D eigenvalue weighted by molar-refractivity contribution is 0.157. The average molecular weight is 208 g/mol. The maximum absolute atomic E-state index is 5.30. The number of hydrogen-bond donors (Lipinski definition) is 0. The van der Waals surface area contributed by atoms with E-state index in [2.05, 4.69) is 19.7 Å². The first-order chi connectivity index (χ1) is 7.31. The fraction of sp³-hybridized carbons (Fsp3) is 0.571. The lowest BCUT2D eigenvalue weighted by atomic mass is 10.1. The van der Waals surface area contributed by atoms with Crippen LogP contribution in [-0.2, 0) is 4.74 Å². The summed E-state index contributed by atoms with van der Waals surface area (Å²) in [5, 5.41) is 0. The van der Waals surface area contributed by atoms with E-state index in [4.69, 9.17) is 4.74 Å². The Labute approximate surface area is 94.5 Å². The minimum Gasteiger partial charge on any atom is -0.377 e. The SMILES string of the molecule is C=CCOCCCCCCC(=C)CC=C. The fourth-order valence-electron chi connectivity index (χ4n) is 1.41. The average Bonchev–Trinajstić information content (AvgIpc) is 2.22. The van der Waals surface area contributed by atoms with Gasteiger partial charge in [-0.05, 0) is 25.7 Å². The van der Waals surface area contributed by atoms with Crippen molar-refractivity contribution >= 4 is 0 Å².